The van der Waals surface area contributed by atoms with Gasteiger partial charge in [-0.1, -0.05) is 54.6 Å². The molecule has 34 heavy (non-hydrogen) atoms. The predicted molar refractivity (Wildman–Crippen MR) is 133 cm³/mol. The van der Waals surface area contributed by atoms with Crippen molar-refractivity contribution in [2.24, 2.45) is 0 Å². The molecule has 0 radical (unpaired) electrons. The van der Waals surface area contributed by atoms with Crippen molar-refractivity contribution < 1.29 is 19.1 Å². The van der Waals surface area contributed by atoms with Gasteiger partial charge in [-0.25, -0.2) is 0 Å². The molecule has 2 amide bonds. The molecule has 0 aliphatic heterocycles. The monoisotopic (exact) mass is 454 g/mol. The van der Waals surface area contributed by atoms with Crippen molar-refractivity contribution >= 4 is 28.3 Å². The summed E-state index contributed by atoms with van der Waals surface area (Å²) in [5, 5.41) is 7.61. The topological polar surface area (TPSA) is 76.7 Å². The molecule has 0 spiro atoms. The Hall–Kier alpha value is -4.32. The summed E-state index contributed by atoms with van der Waals surface area (Å²) in [6, 6.07) is 26.3. The maximum absolute atomic E-state index is 13.1. The Kier molecular flexibility index (Phi) is 7.08. The molecule has 0 saturated heterocycles. The Balaban J connectivity index is 1.49. The highest BCUT2D eigenvalue weighted by Crippen LogP contribution is 2.27. The van der Waals surface area contributed by atoms with Crippen LogP contribution in [0.2, 0.25) is 0 Å². The van der Waals surface area contributed by atoms with Gasteiger partial charge in [0.2, 0.25) is 0 Å². The number of carbonyl (C=O) groups excluding carboxylic acids is 2. The third-order valence-electron chi connectivity index (χ3n) is 5.47. The van der Waals surface area contributed by atoms with Crippen LogP contribution < -0.4 is 20.1 Å². The molecular formula is C28H26N2O4. The van der Waals surface area contributed by atoms with Gasteiger partial charge < -0.3 is 20.1 Å². The molecule has 6 heteroatoms. The van der Waals surface area contributed by atoms with Crippen LogP contribution in [0.15, 0.2) is 84.9 Å². The molecule has 0 heterocycles. The smallest absolute Gasteiger partial charge is 0.259 e. The van der Waals surface area contributed by atoms with Crippen molar-refractivity contribution in [1.29, 1.82) is 0 Å². The van der Waals surface area contributed by atoms with Crippen LogP contribution in [0.5, 0.6) is 11.5 Å². The summed E-state index contributed by atoms with van der Waals surface area (Å²) in [5.74, 6) is 0.484. The first-order valence-corrected chi connectivity index (χ1v) is 11.0. The standard InChI is InChI=1S/C28H26N2O4/c1-19-8-3-6-13-25(19)30-28(32)24-15-21-10-4-5-11-22(21)16-26(24)34-18-27(31)29-17-20-9-7-12-23(14-20)33-2/h3-16H,17-18H2,1-2H3,(H,29,31)(H,30,32). The Morgan fingerprint density at radius 2 is 1.59 bits per heavy atom. The van der Waals surface area contributed by atoms with E-state index in [1.807, 2.05) is 79.7 Å². The quantitative estimate of drug-likeness (QED) is 0.388. The van der Waals surface area contributed by atoms with Crippen molar-refractivity contribution in [1.82, 2.24) is 5.32 Å². The Morgan fingerprint density at radius 3 is 2.35 bits per heavy atom. The largest absolute Gasteiger partial charge is 0.497 e. The molecular weight excluding hydrogens is 428 g/mol. The first-order valence-electron chi connectivity index (χ1n) is 11.0. The first-order chi connectivity index (χ1) is 16.5. The molecule has 0 unspecified atom stereocenters. The van der Waals surface area contributed by atoms with Crippen LogP contribution in [-0.2, 0) is 11.3 Å². The molecule has 4 rings (SSSR count). The normalized spacial score (nSPS) is 10.5. The second kappa shape index (κ2) is 10.5. The van der Waals surface area contributed by atoms with Gasteiger partial charge in [0, 0.05) is 12.2 Å². The van der Waals surface area contributed by atoms with E-state index in [1.54, 1.807) is 19.2 Å². The molecule has 172 valence electrons. The highest BCUT2D eigenvalue weighted by Gasteiger charge is 2.16. The fraction of sp³-hybridized carbons (Fsp3) is 0.143. The molecule has 0 aliphatic rings. The zero-order chi connectivity index (χ0) is 23.9. The van der Waals surface area contributed by atoms with Crippen molar-refractivity contribution in [2.75, 3.05) is 19.0 Å². The average Bonchev–Trinajstić information content (AvgIpc) is 2.87. The lowest BCUT2D eigenvalue weighted by Crippen LogP contribution is -2.28. The van der Waals surface area contributed by atoms with Crippen molar-refractivity contribution in [3.63, 3.8) is 0 Å². The van der Waals surface area contributed by atoms with Crippen LogP contribution in [-0.4, -0.2) is 25.5 Å². The van der Waals surface area contributed by atoms with Gasteiger partial charge in [-0.05, 0) is 59.2 Å². The zero-order valence-corrected chi connectivity index (χ0v) is 19.1. The third-order valence-corrected chi connectivity index (χ3v) is 5.47. The van der Waals surface area contributed by atoms with Crippen molar-refractivity contribution in [2.45, 2.75) is 13.5 Å². The van der Waals surface area contributed by atoms with Gasteiger partial charge in [0.25, 0.3) is 11.8 Å². The minimum absolute atomic E-state index is 0.215. The number of ether oxygens (including phenoxy) is 2. The van der Waals surface area contributed by atoms with Gasteiger partial charge in [-0.2, -0.15) is 0 Å². The number of aryl methyl sites for hydroxylation is 1. The van der Waals surface area contributed by atoms with E-state index in [2.05, 4.69) is 10.6 Å². The lowest BCUT2D eigenvalue weighted by atomic mass is 10.0. The number of nitrogens with one attached hydrogen (secondary N) is 2. The van der Waals surface area contributed by atoms with Crippen LogP contribution in [0.1, 0.15) is 21.5 Å². The summed E-state index contributed by atoms with van der Waals surface area (Å²) < 4.78 is 11.0. The fourth-order valence-corrected chi connectivity index (χ4v) is 3.60. The zero-order valence-electron chi connectivity index (χ0n) is 19.1. The number of anilines is 1. The summed E-state index contributed by atoms with van der Waals surface area (Å²) in [6.45, 7) is 2.06. The van der Waals surface area contributed by atoms with E-state index in [-0.39, 0.29) is 18.4 Å². The molecule has 0 aromatic heterocycles. The van der Waals surface area contributed by atoms with E-state index >= 15 is 0 Å². The highest BCUT2D eigenvalue weighted by atomic mass is 16.5. The first kappa shape index (κ1) is 22.9. The number of carbonyl (C=O) groups is 2. The molecule has 0 atom stereocenters. The van der Waals surface area contributed by atoms with Gasteiger partial charge in [-0.15, -0.1) is 0 Å². The SMILES string of the molecule is COc1cccc(CNC(=O)COc2cc3ccccc3cc2C(=O)Nc2ccccc2C)c1. The number of fused-ring (bicyclic) bond motifs is 1. The van der Waals surface area contributed by atoms with Crippen molar-refractivity contribution in [3.05, 3.63) is 102 Å². The summed E-state index contributed by atoms with van der Waals surface area (Å²) >= 11 is 0. The number of hydrogen-bond acceptors (Lipinski definition) is 4. The number of para-hydroxylation sites is 1. The summed E-state index contributed by atoms with van der Waals surface area (Å²) in [7, 11) is 1.60. The summed E-state index contributed by atoms with van der Waals surface area (Å²) in [4.78, 5) is 25.6. The third kappa shape index (κ3) is 5.53. The average molecular weight is 455 g/mol. The summed E-state index contributed by atoms with van der Waals surface area (Å²) in [6.07, 6.45) is 0. The molecule has 0 aliphatic carbocycles. The number of hydrogen-bond donors (Lipinski definition) is 2. The van der Waals surface area contributed by atoms with E-state index < -0.39 is 0 Å². The van der Waals surface area contributed by atoms with Crippen molar-refractivity contribution in [3.8, 4) is 11.5 Å². The van der Waals surface area contributed by atoms with Gasteiger partial charge in [0.15, 0.2) is 6.61 Å². The lowest BCUT2D eigenvalue weighted by Gasteiger charge is -2.14. The Bertz CT molecular complexity index is 1330. The number of benzene rings is 4. The number of rotatable bonds is 8. The van der Waals surface area contributed by atoms with Crippen LogP contribution in [0.4, 0.5) is 5.69 Å². The van der Waals surface area contributed by atoms with E-state index in [0.717, 1.165) is 33.3 Å². The fourth-order valence-electron chi connectivity index (χ4n) is 3.60. The van der Waals surface area contributed by atoms with Crippen LogP contribution in [0.25, 0.3) is 10.8 Å². The van der Waals surface area contributed by atoms with E-state index in [0.29, 0.717) is 17.9 Å². The molecule has 6 nitrogen and oxygen atoms in total. The molecule has 4 aromatic rings. The Morgan fingerprint density at radius 1 is 0.853 bits per heavy atom. The second-order valence-electron chi connectivity index (χ2n) is 7.88. The number of amides is 2. The van der Waals surface area contributed by atoms with Gasteiger partial charge in [0.05, 0.1) is 12.7 Å². The predicted octanol–water partition coefficient (Wildman–Crippen LogP) is 5.10. The van der Waals surface area contributed by atoms with E-state index in [1.165, 1.54) is 0 Å². The van der Waals surface area contributed by atoms with Gasteiger partial charge in [-0.3, -0.25) is 9.59 Å². The maximum atomic E-state index is 13.1. The van der Waals surface area contributed by atoms with Crippen LogP contribution in [0, 0.1) is 6.92 Å². The van der Waals surface area contributed by atoms with Crippen LogP contribution >= 0.6 is 0 Å². The minimum atomic E-state index is -0.299. The molecule has 4 aromatic carbocycles. The number of methoxy groups -OCH3 is 1. The molecule has 0 bridgehead atoms. The highest BCUT2D eigenvalue weighted by molar-refractivity contribution is 6.09. The van der Waals surface area contributed by atoms with E-state index in [9.17, 15) is 9.59 Å². The second-order valence-corrected chi connectivity index (χ2v) is 7.88. The molecule has 0 saturated carbocycles. The minimum Gasteiger partial charge on any atom is -0.497 e. The molecule has 0 fully saturated rings. The maximum Gasteiger partial charge on any atom is 0.259 e. The van der Waals surface area contributed by atoms with Gasteiger partial charge >= 0.3 is 0 Å². The Labute approximate surface area is 198 Å². The molecule has 2 N–H and O–H groups in total. The lowest BCUT2D eigenvalue weighted by molar-refractivity contribution is -0.123. The summed E-state index contributed by atoms with van der Waals surface area (Å²) in [5.41, 5.74) is 2.96. The van der Waals surface area contributed by atoms with E-state index in [4.69, 9.17) is 9.47 Å². The van der Waals surface area contributed by atoms with Gasteiger partial charge in [0.1, 0.15) is 11.5 Å². The van der Waals surface area contributed by atoms with Crippen LogP contribution in [0.3, 0.4) is 0 Å².